The van der Waals surface area contributed by atoms with Gasteiger partial charge in [0.2, 0.25) is 0 Å². The summed E-state index contributed by atoms with van der Waals surface area (Å²) in [5.74, 6) is 1.23. The van der Waals surface area contributed by atoms with E-state index in [0.717, 1.165) is 24.0 Å². The Morgan fingerprint density at radius 3 is 2.60 bits per heavy atom. The molecule has 1 aliphatic carbocycles. The van der Waals surface area contributed by atoms with Gasteiger partial charge in [0.1, 0.15) is 6.61 Å². The van der Waals surface area contributed by atoms with Crippen LogP contribution in [0.3, 0.4) is 0 Å². The van der Waals surface area contributed by atoms with E-state index >= 15 is 0 Å². The van der Waals surface area contributed by atoms with Crippen LogP contribution >= 0.6 is 0 Å². The lowest BCUT2D eigenvalue weighted by Gasteiger charge is -2.30. The van der Waals surface area contributed by atoms with Crippen molar-refractivity contribution in [2.24, 2.45) is 5.16 Å². The van der Waals surface area contributed by atoms with Crippen LogP contribution in [0.2, 0.25) is 0 Å². The van der Waals surface area contributed by atoms with E-state index in [2.05, 4.69) is 5.16 Å². The number of ether oxygens (including phenoxy) is 2. The maximum Gasteiger partial charge on any atom is 0.263 e. The third kappa shape index (κ3) is 6.24. The van der Waals surface area contributed by atoms with Crippen LogP contribution in [0.25, 0.3) is 0 Å². The Morgan fingerprint density at radius 1 is 1.10 bits per heavy atom. The fourth-order valence-corrected chi connectivity index (χ4v) is 3.58. The van der Waals surface area contributed by atoms with Gasteiger partial charge >= 0.3 is 0 Å². The predicted octanol–water partition coefficient (Wildman–Crippen LogP) is 4.42. The molecule has 0 bridgehead atoms. The average molecular weight is 411 g/mol. The molecule has 0 spiro atoms. The van der Waals surface area contributed by atoms with Gasteiger partial charge in [0.15, 0.2) is 18.1 Å². The van der Waals surface area contributed by atoms with Crippen LogP contribution in [0.1, 0.15) is 43.2 Å². The van der Waals surface area contributed by atoms with Gasteiger partial charge in [0.25, 0.3) is 5.91 Å². The number of oxime groups is 1. The number of hydrogen-bond donors (Lipinski definition) is 0. The van der Waals surface area contributed by atoms with E-state index in [1.807, 2.05) is 55.6 Å². The summed E-state index contributed by atoms with van der Waals surface area (Å²) in [7, 11) is 3.45. The highest BCUT2D eigenvalue weighted by Gasteiger charge is 2.22. The summed E-state index contributed by atoms with van der Waals surface area (Å²) in [6.45, 7) is 0.406. The van der Waals surface area contributed by atoms with Crippen molar-refractivity contribution in [1.29, 1.82) is 0 Å². The molecule has 6 nitrogen and oxygen atoms in total. The first-order valence-electron chi connectivity index (χ1n) is 10.4. The number of carbonyl (C=O) groups is 1. The minimum atomic E-state index is -0.0566. The van der Waals surface area contributed by atoms with Gasteiger partial charge in [0, 0.05) is 18.7 Å². The van der Waals surface area contributed by atoms with Crippen molar-refractivity contribution in [3.8, 4) is 11.5 Å². The summed E-state index contributed by atoms with van der Waals surface area (Å²) in [5.41, 5.74) is 1.88. The molecular weight excluding hydrogens is 380 g/mol. The summed E-state index contributed by atoms with van der Waals surface area (Å²) in [5, 5.41) is 3.94. The van der Waals surface area contributed by atoms with Crippen LogP contribution in [-0.4, -0.2) is 43.8 Å². The molecule has 0 heterocycles. The Balaban J connectivity index is 1.49. The fraction of sp³-hybridized carbons (Fsp3) is 0.417. The van der Waals surface area contributed by atoms with Gasteiger partial charge in [0.05, 0.1) is 13.3 Å². The fourth-order valence-electron chi connectivity index (χ4n) is 3.58. The van der Waals surface area contributed by atoms with Crippen molar-refractivity contribution in [2.75, 3.05) is 20.8 Å². The average Bonchev–Trinajstić information content (AvgIpc) is 2.81. The van der Waals surface area contributed by atoms with Crippen molar-refractivity contribution in [1.82, 2.24) is 4.90 Å². The van der Waals surface area contributed by atoms with Gasteiger partial charge in [-0.05, 0) is 36.6 Å². The number of hydrogen-bond acceptors (Lipinski definition) is 5. The number of amides is 1. The van der Waals surface area contributed by atoms with Crippen LogP contribution in [0.15, 0.2) is 53.7 Å². The second-order valence-electron chi connectivity index (χ2n) is 7.49. The molecule has 6 heteroatoms. The van der Waals surface area contributed by atoms with Crippen molar-refractivity contribution in [3.05, 3.63) is 59.7 Å². The van der Waals surface area contributed by atoms with Crippen LogP contribution in [0, 0.1) is 0 Å². The molecule has 0 aliphatic heterocycles. The van der Waals surface area contributed by atoms with Crippen LogP contribution in [-0.2, 0) is 16.2 Å². The molecule has 160 valence electrons. The Morgan fingerprint density at radius 2 is 1.87 bits per heavy atom. The van der Waals surface area contributed by atoms with Crippen molar-refractivity contribution >= 4 is 12.1 Å². The molecule has 2 aromatic rings. The zero-order chi connectivity index (χ0) is 21.2. The third-order valence-electron chi connectivity index (χ3n) is 5.40. The van der Waals surface area contributed by atoms with E-state index in [0.29, 0.717) is 24.1 Å². The zero-order valence-corrected chi connectivity index (χ0v) is 17.8. The van der Waals surface area contributed by atoms with Gasteiger partial charge in [-0.3, -0.25) is 4.79 Å². The van der Waals surface area contributed by atoms with Crippen molar-refractivity contribution in [3.63, 3.8) is 0 Å². The Bertz CT molecular complexity index is 832. The van der Waals surface area contributed by atoms with Gasteiger partial charge in [-0.2, -0.15) is 0 Å². The monoisotopic (exact) mass is 410 g/mol. The largest absolute Gasteiger partial charge is 0.493 e. The zero-order valence-electron chi connectivity index (χ0n) is 17.8. The highest BCUT2D eigenvalue weighted by atomic mass is 16.6. The number of likely N-dealkylation sites (N-methyl/N-ethyl adjacent to an activating group) is 1. The lowest BCUT2D eigenvalue weighted by atomic mass is 9.94. The first-order valence-corrected chi connectivity index (χ1v) is 10.4. The minimum Gasteiger partial charge on any atom is -0.493 e. The maximum atomic E-state index is 12.3. The summed E-state index contributed by atoms with van der Waals surface area (Å²) in [6, 6.07) is 15.8. The lowest BCUT2D eigenvalue weighted by Crippen LogP contribution is -2.40. The molecule has 0 radical (unpaired) electrons. The highest BCUT2D eigenvalue weighted by Crippen LogP contribution is 2.28. The molecule has 1 fully saturated rings. The molecule has 2 aromatic carbocycles. The van der Waals surface area contributed by atoms with Gasteiger partial charge < -0.3 is 19.2 Å². The first kappa shape index (κ1) is 21.7. The van der Waals surface area contributed by atoms with E-state index in [-0.39, 0.29) is 12.5 Å². The SMILES string of the molecule is COc1cc(/C=N/OCC(=O)N(C)C2CCCCC2)ccc1OCc1ccccc1. The number of rotatable bonds is 9. The Kier molecular flexibility index (Phi) is 8.12. The molecule has 0 aromatic heterocycles. The van der Waals surface area contributed by atoms with E-state index in [9.17, 15) is 4.79 Å². The van der Waals surface area contributed by atoms with Crippen molar-refractivity contribution in [2.45, 2.75) is 44.8 Å². The summed E-state index contributed by atoms with van der Waals surface area (Å²) in [4.78, 5) is 19.3. The number of methoxy groups -OCH3 is 1. The molecule has 0 atom stereocenters. The topological polar surface area (TPSA) is 60.4 Å². The number of benzene rings is 2. The summed E-state index contributed by atoms with van der Waals surface area (Å²) < 4.78 is 11.3. The van der Waals surface area contributed by atoms with E-state index in [4.69, 9.17) is 14.3 Å². The first-order chi connectivity index (χ1) is 14.7. The molecule has 0 N–H and O–H groups in total. The van der Waals surface area contributed by atoms with Crippen LogP contribution in [0.5, 0.6) is 11.5 Å². The molecule has 30 heavy (non-hydrogen) atoms. The molecule has 3 rings (SSSR count). The smallest absolute Gasteiger partial charge is 0.263 e. The quantitative estimate of drug-likeness (QED) is 0.454. The second kappa shape index (κ2) is 11.2. The highest BCUT2D eigenvalue weighted by molar-refractivity contribution is 5.81. The molecule has 0 saturated heterocycles. The Hall–Kier alpha value is -3.02. The number of carbonyl (C=O) groups excluding carboxylic acids is 1. The third-order valence-corrected chi connectivity index (χ3v) is 5.40. The summed E-state index contributed by atoms with van der Waals surface area (Å²) >= 11 is 0. The molecule has 1 saturated carbocycles. The Labute approximate surface area is 178 Å². The van der Waals surface area contributed by atoms with Gasteiger partial charge in [-0.25, -0.2) is 0 Å². The van der Waals surface area contributed by atoms with Crippen molar-refractivity contribution < 1.29 is 19.1 Å². The van der Waals surface area contributed by atoms with Crippen LogP contribution < -0.4 is 9.47 Å². The maximum absolute atomic E-state index is 12.3. The van der Waals surface area contributed by atoms with Gasteiger partial charge in [-0.1, -0.05) is 54.8 Å². The van der Waals surface area contributed by atoms with Gasteiger partial charge in [-0.15, -0.1) is 0 Å². The predicted molar refractivity (Wildman–Crippen MR) is 117 cm³/mol. The summed E-state index contributed by atoms with van der Waals surface area (Å²) in [6.07, 6.45) is 7.35. The lowest BCUT2D eigenvalue weighted by molar-refractivity contribution is -0.137. The van der Waals surface area contributed by atoms with E-state index < -0.39 is 0 Å². The second-order valence-corrected chi connectivity index (χ2v) is 7.49. The van der Waals surface area contributed by atoms with E-state index in [1.54, 1.807) is 18.2 Å². The van der Waals surface area contributed by atoms with Crippen LogP contribution in [0.4, 0.5) is 0 Å². The molecule has 1 aliphatic rings. The molecular formula is C24H30N2O4. The molecule has 0 unspecified atom stereocenters. The number of nitrogens with zero attached hydrogens (tertiary/aromatic N) is 2. The molecule has 1 amide bonds. The normalized spacial score (nSPS) is 14.5. The standard InChI is InChI=1S/C24H30N2O4/c1-26(21-11-7-4-8-12-21)24(27)18-30-25-16-20-13-14-22(23(15-20)28-2)29-17-19-9-5-3-6-10-19/h3,5-6,9-10,13-16,21H,4,7-8,11-12,17-18H2,1-2H3/b25-16+. The van der Waals surface area contributed by atoms with E-state index in [1.165, 1.54) is 19.3 Å². The minimum absolute atomic E-state index is 0.0405.